The maximum Gasteiger partial charge on any atom is 0.251 e. The molecule has 0 aliphatic carbocycles. The van der Waals surface area contributed by atoms with Crippen LogP contribution in [0.2, 0.25) is 0 Å². The average Bonchev–Trinajstić information content (AvgIpc) is 2.72. The number of amides is 1. The van der Waals surface area contributed by atoms with Crippen molar-refractivity contribution >= 4 is 5.91 Å². The van der Waals surface area contributed by atoms with E-state index in [0.717, 1.165) is 31.7 Å². The van der Waals surface area contributed by atoms with Crippen molar-refractivity contribution < 1.29 is 14.3 Å². The van der Waals surface area contributed by atoms with Crippen LogP contribution in [-0.4, -0.2) is 38.3 Å². The summed E-state index contributed by atoms with van der Waals surface area (Å²) >= 11 is 0. The van der Waals surface area contributed by atoms with Crippen LogP contribution in [0.15, 0.2) is 48.5 Å². The molecule has 3 rings (SSSR count). The highest BCUT2D eigenvalue weighted by Gasteiger charge is 2.14. The Bertz CT molecular complexity index is 793. The van der Waals surface area contributed by atoms with E-state index in [1.54, 1.807) is 36.4 Å². The molecule has 1 saturated heterocycles. The molecule has 140 valence electrons. The lowest BCUT2D eigenvalue weighted by Gasteiger charge is -2.23. The van der Waals surface area contributed by atoms with Crippen molar-refractivity contribution in [1.29, 1.82) is 5.26 Å². The molecule has 0 spiro atoms. The van der Waals surface area contributed by atoms with E-state index in [4.69, 9.17) is 14.7 Å². The lowest BCUT2D eigenvalue weighted by molar-refractivity contribution is 0.0947. The number of carbonyl (C=O) groups is 1. The maximum absolute atomic E-state index is 12.2. The Hall–Kier alpha value is -3.04. The number of nitriles is 1. The van der Waals surface area contributed by atoms with E-state index in [-0.39, 0.29) is 12.0 Å². The van der Waals surface area contributed by atoms with Gasteiger partial charge in [0.05, 0.1) is 18.2 Å². The number of ether oxygens (including phenoxy) is 2. The molecule has 1 aliphatic rings. The summed E-state index contributed by atoms with van der Waals surface area (Å²) in [7, 11) is 0. The van der Waals surface area contributed by atoms with Gasteiger partial charge in [-0.1, -0.05) is 6.07 Å². The number of nitrogens with one attached hydrogen (secondary N) is 2. The van der Waals surface area contributed by atoms with E-state index in [0.29, 0.717) is 30.0 Å². The minimum atomic E-state index is -0.155. The van der Waals surface area contributed by atoms with Gasteiger partial charge in [0.1, 0.15) is 24.2 Å². The summed E-state index contributed by atoms with van der Waals surface area (Å²) in [6.45, 7) is 2.67. The van der Waals surface area contributed by atoms with Crippen LogP contribution in [0.25, 0.3) is 0 Å². The molecule has 0 bridgehead atoms. The Morgan fingerprint density at radius 2 is 1.93 bits per heavy atom. The highest BCUT2D eigenvalue weighted by molar-refractivity contribution is 5.94. The lowest BCUT2D eigenvalue weighted by Crippen LogP contribution is -2.34. The molecule has 2 N–H and O–H groups in total. The highest BCUT2D eigenvalue weighted by atomic mass is 16.5. The van der Waals surface area contributed by atoms with E-state index in [1.807, 2.05) is 12.1 Å². The zero-order valence-corrected chi connectivity index (χ0v) is 15.1. The number of rotatable bonds is 7. The summed E-state index contributed by atoms with van der Waals surface area (Å²) in [6.07, 6.45) is 2.24. The van der Waals surface area contributed by atoms with Crippen LogP contribution >= 0.6 is 0 Å². The fourth-order valence-corrected chi connectivity index (χ4v) is 2.88. The van der Waals surface area contributed by atoms with Crippen LogP contribution in [-0.2, 0) is 0 Å². The normalized spacial score (nSPS) is 14.2. The van der Waals surface area contributed by atoms with Gasteiger partial charge in [0, 0.05) is 5.56 Å². The van der Waals surface area contributed by atoms with Gasteiger partial charge < -0.3 is 20.1 Å². The predicted octanol–water partition coefficient (Wildman–Crippen LogP) is 2.50. The molecule has 0 radical (unpaired) electrons. The van der Waals surface area contributed by atoms with Crippen molar-refractivity contribution in [3.05, 3.63) is 59.7 Å². The van der Waals surface area contributed by atoms with Gasteiger partial charge in [0.15, 0.2) is 0 Å². The van der Waals surface area contributed by atoms with E-state index in [9.17, 15) is 4.79 Å². The molecule has 27 heavy (non-hydrogen) atoms. The number of benzene rings is 2. The zero-order valence-electron chi connectivity index (χ0n) is 15.1. The summed E-state index contributed by atoms with van der Waals surface area (Å²) in [4.78, 5) is 12.2. The number of hydrogen-bond donors (Lipinski definition) is 2. The third-order valence-corrected chi connectivity index (χ3v) is 4.32. The molecule has 0 atom stereocenters. The van der Waals surface area contributed by atoms with E-state index < -0.39 is 0 Å². The van der Waals surface area contributed by atoms with E-state index >= 15 is 0 Å². The monoisotopic (exact) mass is 365 g/mol. The van der Waals surface area contributed by atoms with Crippen molar-refractivity contribution in [3.8, 4) is 17.6 Å². The molecule has 2 aromatic rings. The average molecular weight is 365 g/mol. The summed E-state index contributed by atoms with van der Waals surface area (Å²) in [6, 6.07) is 16.2. The van der Waals surface area contributed by atoms with Gasteiger partial charge in [0.2, 0.25) is 0 Å². The first-order chi connectivity index (χ1) is 13.2. The summed E-state index contributed by atoms with van der Waals surface area (Å²) in [5, 5.41) is 15.0. The first-order valence-electron chi connectivity index (χ1n) is 9.13. The van der Waals surface area contributed by atoms with Crippen LogP contribution in [0.1, 0.15) is 28.8 Å². The number of nitrogens with zero attached hydrogens (tertiary/aromatic N) is 1. The Kier molecular flexibility index (Phi) is 6.66. The molecule has 1 aliphatic heterocycles. The Balaban J connectivity index is 1.41. The number of carbonyl (C=O) groups excluding carboxylic acids is 1. The smallest absolute Gasteiger partial charge is 0.251 e. The molecule has 1 fully saturated rings. The van der Waals surface area contributed by atoms with Crippen molar-refractivity contribution in [2.45, 2.75) is 18.9 Å². The summed E-state index contributed by atoms with van der Waals surface area (Å²) in [5.74, 6) is 1.25. The topological polar surface area (TPSA) is 83.4 Å². The third-order valence-electron chi connectivity index (χ3n) is 4.32. The molecule has 0 saturated carbocycles. The molecule has 1 amide bonds. The van der Waals surface area contributed by atoms with Crippen LogP contribution < -0.4 is 20.1 Å². The van der Waals surface area contributed by atoms with E-state index in [1.165, 1.54) is 0 Å². The van der Waals surface area contributed by atoms with Gasteiger partial charge in [-0.05, 0) is 68.4 Å². The van der Waals surface area contributed by atoms with Crippen LogP contribution in [0.5, 0.6) is 11.5 Å². The highest BCUT2D eigenvalue weighted by Crippen LogP contribution is 2.17. The molecule has 6 nitrogen and oxygen atoms in total. The Labute approximate surface area is 159 Å². The van der Waals surface area contributed by atoms with Crippen molar-refractivity contribution in [3.63, 3.8) is 0 Å². The standard InChI is InChI=1S/C21H23N3O3/c22-15-16-2-1-3-20(14-16)26-13-12-24-21(25)17-4-6-18(7-5-17)27-19-8-10-23-11-9-19/h1-7,14,19,23H,8-13H2,(H,24,25). The van der Waals surface area contributed by atoms with Gasteiger partial charge in [-0.2, -0.15) is 5.26 Å². The summed E-state index contributed by atoms with van der Waals surface area (Å²) < 4.78 is 11.5. The van der Waals surface area contributed by atoms with Gasteiger partial charge in [-0.15, -0.1) is 0 Å². The second kappa shape index (κ2) is 9.60. The number of piperidine rings is 1. The molecule has 0 aromatic heterocycles. The van der Waals surface area contributed by atoms with Gasteiger partial charge in [0.25, 0.3) is 5.91 Å². The van der Waals surface area contributed by atoms with Crippen LogP contribution in [0, 0.1) is 11.3 Å². The fraction of sp³-hybridized carbons (Fsp3) is 0.333. The van der Waals surface area contributed by atoms with Crippen LogP contribution in [0.3, 0.4) is 0 Å². The second-order valence-electron chi connectivity index (χ2n) is 6.34. The minimum absolute atomic E-state index is 0.155. The SMILES string of the molecule is N#Cc1cccc(OCCNC(=O)c2ccc(OC3CCNCC3)cc2)c1. The second-order valence-corrected chi connectivity index (χ2v) is 6.34. The predicted molar refractivity (Wildman–Crippen MR) is 102 cm³/mol. The third kappa shape index (κ3) is 5.73. The summed E-state index contributed by atoms with van der Waals surface area (Å²) in [5.41, 5.74) is 1.13. The molecular formula is C21H23N3O3. The fourth-order valence-electron chi connectivity index (χ4n) is 2.88. The van der Waals surface area contributed by atoms with Crippen LogP contribution in [0.4, 0.5) is 0 Å². The number of hydrogen-bond acceptors (Lipinski definition) is 5. The van der Waals surface area contributed by atoms with Crippen molar-refractivity contribution in [2.24, 2.45) is 0 Å². The van der Waals surface area contributed by atoms with Gasteiger partial charge in [-0.3, -0.25) is 4.79 Å². The van der Waals surface area contributed by atoms with Crippen molar-refractivity contribution in [2.75, 3.05) is 26.2 Å². The zero-order chi connectivity index (χ0) is 18.9. The molecule has 1 heterocycles. The molecule has 0 unspecified atom stereocenters. The van der Waals surface area contributed by atoms with Gasteiger partial charge >= 0.3 is 0 Å². The maximum atomic E-state index is 12.2. The van der Waals surface area contributed by atoms with Crippen molar-refractivity contribution in [1.82, 2.24) is 10.6 Å². The first kappa shape index (κ1) is 18.7. The largest absolute Gasteiger partial charge is 0.492 e. The van der Waals surface area contributed by atoms with E-state index in [2.05, 4.69) is 16.7 Å². The first-order valence-corrected chi connectivity index (χ1v) is 9.13. The molecular weight excluding hydrogens is 342 g/mol. The molecule has 6 heteroatoms. The Morgan fingerprint density at radius 1 is 1.15 bits per heavy atom. The Morgan fingerprint density at radius 3 is 2.67 bits per heavy atom. The molecule has 2 aromatic carbocycles. The minimum Gasteiger partial charge on any atom is -0.492 e. The lowest BCUT2D eigenvalue weighted by atomic mass is 10.1. The quantitative estimate of drug-likeness (QED) is 0.737. The van der Waals surface area contributed by atoms with Gasteiger partial charge in [-0.25, -0.2) is 0 Å².